The maximum Gasteiger partial charge on any atom is 0.247 e. The number of rotatable bonds is 3. The Balaban J connectivity index is 1.41. The second kappa shape index (κ2) is 7.44. The van der Waals surface area contributed by atoms with Crippen LogP contribution < -0.4 is 16.1 Å². The van der Waals surface area contributed by atoms with Gasteiger partial charge in [0, 0.05) is 34.8 Å². The highest BCUT2D eigenvalue weighted by Crippen LogP contribution is 2.35. The van der Waals surface area contributed by atoms with Gasteiger partial charge < -0.3 is 15.2 Å². The summed E-state index contributed by atoms with van der Waals surface area (Å²) in [4.78, 5) is 17.0. The summed E-state index contributed by atoms with van der Waals surface area (Å²) in [5.41, 5.74) is 6.23. The maximum atomic E-state index is 12.4. The lowest BCUT2D eigenvalue weighted by Gasteiger charge is -2.38. The molecule has 0 saturated carbocycles. The summed E-state index contributed by atoms with van der Waals surface area (Å²) in [6.45, 7) is 4.49. The van der Waals surface area contributed by atoms with Gasteiger partial charge in [0.15, 0.2) is 0 Å². The van der Waals surface area contributed by atoms with Crippen LogP contribution in [0.15, 0.2) is 34.5 Å². The predicted octanol–water partition coefficient (Wildman–Crippen LogP) is 1.94. The number of piperidine rings is 1. The van der Waals surface area contributed by atoms with Gasteiger partial charge in [-0.15, -0.1) is 0 Å². The molecule has 29 heavy (non-hydrogen) atoms. The van der Waals surface area contributed by atoms with Gasteiger partial charge in [-0.05, 0) is 44.5 Å². The molecular weight excluding hydrogens is 392 g/mol. The van der Waals surface area contributed by atoms with Gasteiger partial charge in [0.25, 0.3) is 0 Å². The fraction of sp³-hybridized carbons (Fsp3) is 0.450. The first kappa shape index (κ1) is 18.6. The molecule has 1 amide bonds. The highest BCUT2D eigenvalue weighted by molar-refractivity contribution is 6.31. The topological polar surface area (TPSA) is 95.3 Å². The first-order valence-electron chi connectivity index (χ1n) is 9.96. The average molecular weight is 415 g/mol. The summed E-state index contributed by atoms with van der Waals surface area (Å²) in [6.07, 6.45) is 3.52. The van der Waals surface area contributed by atoms with Crippen LogP contribution in [0.5, 0.6) is 0 Å². The van der Waals surface area contributed by atoms with E-state index in [0.717, 1.165) is 42.8 Å². The molecule has 0 aliphatic carbocycles. The summed E-state index contributed by atoms with van der Waals surface area (Å²) in [5.74, 6) is 1.17. The van der Waals surface area contributed by atoms with Gasteiger partial charge in [-0.25, -0.2) is 5.43 Å². The zero-order chi connectivity index (χ0) is 20.0. The van der Waals surface area contributed by atoms with Crippen molar-refractivity contribution in [2.24, 2.45) is 5.92 Å². The second-order valence-corrected chi connectivity index (χ2v) is 8.16. The molecule has 2 aromatic rings. The molecule has 5 rings (SSSR count). The third-order valence-electron chi connectivity index (χ3n) is 6.01. The Bertz CT molecular complexity index is 968. The number of hydrazine groups is 1. The second-order valence-electron chi connectivity index (χ2n) is 7.75. The van der Waals surface area contributed by atoms with Crippen LogP contribution in [0, 0.1) is 12.8 Å². The molecule has 2 unspecified atom stereocenters. The van der Waals surface area contributed by atoms with Crippen molar-refractivity contribution >= 4 is 17.5 Å². The molecule has 0 spiro atoms. The number of benzene rings is 1. The fourth-order valence-corrected chi connectivity index (χ4v) is 4.57. The van der Waals surface area contributed by atoms with E-state index in [1.165, 1.54) is 0 Å². The monoisotopic (exact) mass is 414 g/mol. The quantitative estimate of drug-likeness (QED) is 0.706. The van der Waals surface area contributed by atoms with Gasteiger partial charge in [0.05, 0.1) is 5.92 Å². The van der Waals surface area contributed by atoms with E-state index in [1.54, 1.807) is 6.08 Å². The van der Waals surface area contributed by atoms with Crippen LogP contribution in [-0.2, 0) is 4.79 Å². The largest absolute Gasteiger partial charge is 0.338 e. The number of fused-ring (bicyclic) bond motifs is 1. The Morgan fingerprint density at radius 3 is 2.93 bits per heavy atom. The Labute approximate surface area is 173 Å². The first-order chi connectivity index (χ1) is 14.1. The van der Waals surface area contributed by atoms with Crippen molar-refractivity contribution in [2.45, 2.75) is 31.8 Å². The highest BCUT2D eigenvalue weighted by Gasteiger charge is 2.44. The summed E-state index contributed by atoms with van der Waals surface area (Å²) in [7, 11) is 0. The molecule has 3 aliphatic rings. The fourth-order valence-electron chi connectivity index (χ4n) is 4.39. The standard InChI is InChI=1S/C20H23ClN6O2/c1-11-13(3-2-4-15(11)21)18-25-20(29-26-18)14-10-23-27-16(9-17(28)24-19(14)27)12-5-7-22-8-6-12/h2-4,9,12,14,19,22-23H,5-8,10H2,1H3,(H,24,28). The lowest BCUT2D eigenvalue weighted by Crippen LogP contribution is -2.53. The van der Waals surface area contributed by atoms with Gasteiger partial charge in [-0.2, -0.15) is 4.98 Å². The minimum absolute atomic E-state index is 0.0705. The van der Waals surface area contributed by atoms with E-state index in [-0.39, 0.29) is 18.0 Å². The number of amides is 1. The Hall–Kier alpha value is -2.42. The number of halogens is 1. The van der Waals surface area contributed by atoms with Crippen LogP contribution in [0.1, 0.15) is 30.2 Å². The van der Waals surface area contributed by atoms with Crippen LogP contribution in [0.2, 0.25) is 5.02 Å². The third-order valence-corrected chi connectivity index (χ3v) is 6.42. The van der Waals surface area contributed by atoms with Crippen LogP contribution in [-0.4, -0.2) is 46.9 Å². The zero-order valence-electron chi connectivity index (χ0n) is 16.1. The summed E-state index contributed by atoms with van der Waals surface area (Å²) < 4.78 is 5.61. The predicted molar refractivity (Wildman–Crippen MR) is 108 cm³/mol. The molecule has 2 saturated heterocycles. The average Bonchev–Trinajstić information content (AvgIpc) is 3.37. The molecular formula is C20H23ClN6O2. The Morgan fingerprint density at radius 1 is 1.28 bits per heavy atom. The molecule has 152 valence electrons. The zero-order valence-corrected chi connectivity index (χ0v) is 16.9. The number of carbonyl (C=O) groups excluding carboxylic acids is 1. The normalized spacial score (nSPS) is 25.0. The molecule has 4 heterocycles. The molecule has 0 radical (unpaired) electrons. The Morgan fingerprint density at radius 2 is 2.10 bits per heavy atom. The van der Waals surface area contributed by atoms with Crippen molar-refractivity contribution in [3.05, 3.63) is 46.4 Å². The van der Waals surface area contributed by atoms with E-state index in [9.17, 15) is 4.79 Å². The minimum atomic E-state index is -0.244. The number of hydrogen-bond donors (Lipinski definition) is 3. The number of carbonyl (C=O) groups is 1. The van der Waals surface area contributed by atoms with E-state index in [0.29, 0.717) is 29.2 Å². The molecule has 1 aromatic carbocycles. The smallest absolute Gasteiger partial charge is 0.247 e. The number of hydrogen-bond acceptors (Lipinski definition) is 7. The molecule has 1 aromatic heterocycles. The van der Waals surface area contributed by atoms with Crippen LogP contribution in [0.25, 0.3) is 11.4 Å². The molecule has 3 aliphatic heterocycles. The van der Waals surface area contributed by atoms with E-state index in [2.05, 4.69) is 31.2 Å². The van der Waals surface area contributed by atoms with Gasteiger partial charge in [0.2, 0.25) is 17.6 Å². The van der Waals surface area contributed by atoms with E-state index in [4.69, 9.17) is 16.1 Å². The number of nitrogens with one attached hydrogen (secondary N) is 3. The van der Waals surface area contributed by atoms with Crippen LogP contribution >= 0.6 is 11.6 Å². The maximum absolute atomic E-state index is 12.4. The third kappa shape index (κ3) is 3.31. The SMILES string of the molecule is Cc1c(Cl)cccc1-c1noc(C2CNN3C(C4CCNCC4)=CC(=O)NC23)n1. The van der Waals surface area contributed by atoms with E-state index in [1.807, 2.05) is 25.1 Å². The van der Waals surface area contributed by atoms with Crippen molar-refractivity contribution in [2.75, 3.05) is 19.6 Å². The number of nitrogens with zero attached hydrogens (tertiary/aromatic N) is 3. The van der Waals surface area contributed by atoms with Gasteiger partial charge in [-0.1, -0.05) is 28.9 Å². The van der Waals surface area contributed by atoms with Crippen molar-refractivity contribution < 1.29 is 9.32 Å². The molecule has 2 fully saturated rings. The summed E-state index contributed by atoms with van der Waals surface area (Å²) >= 11 is 6.23. The molecule has 0 bridgehead atoms. The molecule has 9 heteroatoms. The number of aromatic nitrogens is 2. The highest BCUT2D eigenvalue weighted by atomic mass is 35.5. The van der Waals surface area contributed by atoms with Crippen molar-refractivity contribution in [1.29, 1.82) is 0 Å². The van der Waals surface area contributed by atoms with Crippen molar-refractivity contribution in [3.63, 3.8) is 0 Å². The number of allylic oxidation sites excluding steroid dienone is 1. The van der Waals surface area contributed by atoms with Crippen LogP contribution in [0.3, 0.4) is 0 Å². The molecule has 8 nitrogen and oxygen atoms in total. The van der Waals surface area contributed by atoms with Gasteiger partial charge in [0.1, 0.15) is 6.17 Å². The van der Waals surface area contributed by atoms with Gasteiger partial charge in [-0.3, -0.25) is 9.80 Å². The van der Waals surface area contributed by atoms with E-state index >= 15 is 0 Å². The molecule has 3 N–H and O–H groups in total. The van der Waals surface area contributed by atoms with Gasteiger partial charge >= 0.3 is 0 Å². The summed E-state index contributed by atoms with van der Waals surface area (Å²) in [5, 5.41) is 13.3. The van der Waals surface area contributed by atoms with Crippen LogP contribution in [0.4, 0.5) is 0 Å². The lowest BCUT2D eigenvalue weighted by atomic mass is 9.92. The van der Waals surface area contributed by atoms with E-state index < -0.39 is 0 Å². The minimum Gasteiger partial charge on any atom is -0.338 e. The Kier molecular flexibility index (Phi) is 4.77. The van der Waals surface area contributed by atoms with Crippen molar-refractivity contribution in [3.8, 4) is 11.4 Å². The summed E-state index contributed by atoms with van der Waals surface area (Å²) in [6, 6.07) is 5.64. The van der Waals surface area contributed by atoms with Crippen molar-refractivity contribution in [1.82, 2.24) is 31.2 Å². The molecule has 2 atom stereocenters. The first-order valence-corrected chi connectivity index (χ1v) is 10.3. The lowest BCUT2D eigenvalue weighted by molar-refractivity contribution is -0.119.